The van der Waals surface area contributed by atoms with E-state index in [1.54, 1.807) is 0 Å². The van der Waals surface area contributed by atoms with E-state index in [2.05, 4.69) is 54.7 Å². The molecule has 0 spiro atoms. The number of hydrogen-bond donors (Lipinski definition) is 1. The number of hydrogen-bond acceptors (Lipinski definition) is 2. The Hall–Kier alpha value is -1.61. The first-order chi connectivity index (χ1) is 8.74. The molecule has 0 radical (unpaired) electrons. The average molecular weight is 243 g/mol. The van der Waals surface area contributed by atoms with Crippen molar-refractivity contribution in [2.45, 2.75) is 33.4 Å². The molecule has 0 amide bonds. The van der Waals surface area contributed by atoms with Gasteiger partial charge in [0.15, 0.2) is 0 Å². The van der Waals surface area contributed by atoms with Crippen LogP contribution in [0.1, 0.15) is 24.6 Å². The molecule has 96 valence electrons. The Morgan fingerprint density at radius 1 is 1.22 bits per heavy atom. The highest BCUT2D eigenvalue weighted by molar-refractivity contribution is 5.65. The third-order valence-corrected chi connectivity index (χ3v) is 3.04. The van der Waals surface area contributed by atoms with Crippen molar-refractivity contribution in [3.05, 3.63) is 41.7 Å². The van der Waals surface area contributed by atoms with Gasteiger partial charge in [-0.25, -0.2) is 0 Å². The summed E-state index contributed by atoms with van der Waals surface area (Å²) < 4.78 is 2.03. The molecule has 0 bridgehead atoms. The van der Waals surface area contributed by atoms with Crippen LogP contribution in [0.25, 0.3) is 11.1 Å². The monoisotopic (exact) mass is 243 g/mol. The Kier molecular flexibility index (Phi) is 4.15. The van der Waals surface area contributed by atoms with Gasteiger partial charge in [0.2, 0.25) is 0 Å². The van der Waals surface area contributed by atoms with E-state index in [1.165, 1.54) is 16.7 Å². The van der Waals surface area contributed by atoms with E-state index in [1.807, 2.05) is 11.7 Å². The largest absolute Gasteiger partial charge is 0.316 e. The quantitative estimate of drug-likeness (QED) is 0.875. The van der Waals surface area contributed by atoms with Crippen molar-refractivity contribution >= 4 is 0 Å². The number of aryl methyl sites for hydroxylation is 2. The number of aromatic nitrogens is 2. The van der Waals surface area contributed by atoms with Gasteiger partial charge in [0, 0.05) is 24.8 Å². The summed E-state index contributed by atoms with van der Waals surface area (Å²) in [6.07, 6.45) is 3.26. The van der Waals surface area contributed by atoms with Crippen LogP contribution >= 0.6 is 0 Å². The molecule has 0 saturated heterocycles. The average Bonchev–Trinajstić information content (AvgIpc) is 2.72. The van der Waals surface area contributed by atoms with E-state index in [0.29, 0.717) is 0 Å². The Labute approximate surface area is 109 Å². The van der Waals surface area contributed by atoms with Crippen LogP contribution in [0.2, 0.25) is 0 Å². The van der Waals surface area contributed by atoms with E-state index in [0.717, 1.165) is 25.2 Å². The van der Waals surface area contributed by atoms with Crippen molar-refractivity contribution in [1.82, 2.24) is 15.1 Å². The Morgan fingerprint density at radius 3 is 2.56 bits per heavy atom. The molecule has 3 heteroatoms. The van der Waals surface area contributed by atoms with E-state index >= 15 is 0 Å². The fourth-order valence-electron chi connectivity index (χ4n) is 2.15. The molecule has 0 unspecified atom stereocenters. The van der Waals surface area contributed by atoms with E-state index in [-0.39, 0.29) is 0 Å². The molecular weight excluding hydrogens is 222 g/mol. The van der Waals surface area contributed by atoms with Gasteiger partial charge in [0.25, 0.3) is 0 Å². The maximum Gasteiger partial charge on any atom is 0.0672 e. The van der Waals surface area contributed by atoms with Crippen LogP contribution in [-0.2, 0) is 13.1 Å². The Bertz CT molecular complexity index is 497. The third-order valence-electron chi connectivity index (χ3n) is 3.04. The third kappa shape index (κ3) is 2.79. The molecule has 1 aromatic heterocycles. The fourth-order valence-corrected chi connectivity index (χ4v) is 2.15. The highest BCUT2D eigenvalue weighted by Crippen LogP contribution is 2.23. The van der Waals surface area contributed by atoms with Gasteiger partial charge in [-0.3, -0.25) is 4.68 Å². The molecular formula is C15H21N3. The SMILES string of the molecule is CCCn1cc(-c2ccc(CNC)cc2)c(C)n1. The van der Waals surface area contributed by atoms with Crippen LogP contribution < -0.4 is 5.32 Å². The van der Waals surface area contributed by atoms with Crippen molar-refractivity contribution in [2.24, 2.45) is 0 Å². The van der Waals surface area contributed by atoms with Crippen molar-refractivity contribution in [1.29, 1.82) is 0 Å². The standard InChI is InChI=1S/C15H21N3/c1-4-9-18-11-15(12(2)17-18)14-7-5-13(6-8-14)10-16-3/h5-8,11,16H,4,9-10H2,1-3H3. The van der Waals surface area contributed by atoms with Gasteiger partial charge in [0.1, 0.15) is 0 Å². The van der Waals surface area contributed by atoms with Crippen LogP contribution in [0.5, 0.6) is 0 Å². The summed E-state index contributed by atoms with van der Waals surface area (Å²) in [6, 6.07) is 8.69. The zero-order valence-corrected chi connectivity index (χ0v) is 11.4. The minimum absolute atomic E-state index is 0.911. The smallest absolute Gasteiger partial charge is 0.0672 e. The molecule has 2 rings (SSSR count). The second-order valence-electron chi connectivity index (χ2n) is 4.62. The molecule has 0 saturated carbocycles. The summed E-state index contributed by atoms with van der Waals surface area (Å²) in [5, 5.41) is 7.70. The normalized spacial score (nSPS) is 10.8. The predicted octanol–water partition coefficient (Wildman–Crippen LogP) is 2.99. The molecule has 1 aromatic carbocycles. The van der Waals surface area contributed by atoms with Gasteiger partial charge >= 0.3 is 0 Å². The van der Waals surface area contributed by atoms with Crippen LogP contribution in [0.15, 0.2) is 30.5 Å². The summed E-state index contributed by atoms with van der Waals surface area (Å²) >= 11 is 0. The highest BCUT2D eigenvalue weighted by Gasteiger charge is 2.06. The predicted molar refractivity (Wildman–Crippen MR) is 75.5 cm³/mol. The minimum atomic E-state index is 0.911. The molecule has 18 heavy (non-hydrogen) atoms. The van der Waals surface area contributed by atoms with Crippen molar-refractivity contribution in [3.8, 4) is 11.1 Å². The first-order valence-electron chi connectivity index (χ1n) is 6.52. The fraction of sp³-hybridized carbons (Fsp3) is 0.400. The number of rotatable bonds is 5. The lowest BCUT2D eigenvalue weighted by Gasteiger charge is -2.02. The van der Waals surface area contributed by atoms with E-state index in [9.17, 15) is 0 Å². The maximum absolute atomic E-state index is 4.54. The van der Waals surface area contributed by atoms with Crippen LogP contribution in [-0.4, -0.2) is 16.8 Å². The lowest BCUT2D eigenvalue weighted by molar-refractivity contribution is 0.598. The van der Waals surface area contributed by atoms with Gasteiger partial charge < -0.3 is 5.32 Å². The molecule has 2 aromatic rings. The number of benzene rings is 1. The van der Waals surface area contributed by atoms with Gasteiger partial charge in [-0.15, -0.1) is 0 Å². The summed E-state index contributed by atoms with van der Waals surface area (Å²) in [4.78, 5) is 0. The second kappa shape index (κ2) is 5.83. The molecule has 0 fully saturated rings. The molecule has 0 aliphatic rings. The van der Waals surface area contributed by atoms with Gasteiger partial charge in [-0.05, 0) is 31.5 Å². The lowest BCUT2D eigenvalue weighted by atomic mass is 10.1. The topological polar surface area (TPSA) is 29.9 Å². The first kappa shape index (κ1) is 12.8. The van der Waals surface area contributed by atoms with E-state index < -0.39 is 0 Å². The van der Waals surface area contributed by atoms with Crippen molar-refractivity contribution in [3.63, 3.8) is 0 Å². The van der Waals surface area contributed by atoms with Crippen LogP contribution in [0.4, 0.5) is 0 Å². The van der Waals surface area contributed by atoms with Crippen molar-refractivity contribution < 1.29 is 0 Å². The summed E-state index contributed by atoms with van der Waals surface area (Å²) in [5.41, 5.74) is 4.89. The Morgan fingerprint density at radius 2 is 1.94 bits per heavy atom. The van der Waals surface area contributed by atoms with Gasteiger partial charge in [-0.1, -0.05) is 31.2 Å². The van der Waals surface area contributed by atoms with E-state index in [4.69, 9.17) is 0 Å². The molecule has 1 heterocycles. The lowest BCUT2D eigenvalue weighted by Crippen LogP contribution is -2.04. The van der Waals surface area contributed by atoms with Crippen LogP contribution in [0.3, 0.4) is 0 Å². The zero-order valence-electron chi connectivity index (χ0n) is 11.4. The van der Waals surface area contributed by atoms with Crippen LogP contribution in [0, 0.1) is 6.92 Å². The first-order valence-corrected chi connectivity index (χ1v) is 6.52. The number of nitrogens with one attached hydrogen (secondary N) is 1. The van der Waals surface area contributed by atoms with Gasteiger partial charge in [-0.2, -0.15) is 5.10 Å². The summed E-state index contributed by atoms with van der Waals surface area (Å²) in [5.74, 6) is 0. The molecule has 0 atom stereocenters. The molecule has 0 aliphatic heterocycles. The minimum Gasteiger partial charge on any atom is -0.316 e. The molecule has 3 nitrogen and oxygen atoms in total. The Balaban J connectivity index is 2.24. The molecule has 1 N–H and O–H groups in total. The number of nitrogens with zero attached hydrogens (tertiary/aromatic N) is 2. The highest BCUT2D eigenvalue weighted by atomic mass is 15.3. The van der Waals surface area contributed by atoms with Crippen molar-refractivity contribution in [2.75, 3.05) is 7.05 Å². The zero-order chi connectivity index (χ0) is 13.0. The summed E-state index contributed by atoms with van der Waals surface area (Å²) in [6.45, 7) is 6.14. The molecule has 0 aliphatic carbocycles. The van der Waals surface area contributed by atoms with Gasteiger partial charge in [0.05, 0.1) is 5.69 Å². The second-order valence-corrected chi connectivity index (χ2v) is 4.62. The summed E-state index contributed by atoms with van der Waals surface area (Å²) in [7, 11) is 1.97. The maximum atomic E-state index is 4.54.